The Bertz CT molecular complexity index is 1530. The summed E-state index contributed by atoms with van der Waals surface area (Å²) < 4.78 is 28.5. The minimum Gasteiger partial charge on any atom is -0.387 e. The standard InChI is InChI=1S/C20H17BrN6O4S2/c1-11-3-6-18(32-11)33(30,31)26-20(29)25-12-4-5-17(23-9-12)27-10-24-15-8-16(22-2)14(21)7-13(15)19(27)28/h3-10,22H,1-2H3,(H2,25,26,29). The van der Waals surface area contributed by atoms with Crippen LogP contribution in [0.5, 0.6) is 0 Å². The number of rotatable bonds is 5. The third-order valence-electron chi connectivity index (χ3n) is 4.58. The van der Waals surface area contributed by atoms with Crippen LogP contribution in [0.2, 0.25) is 0 Å². The number of aryl methyl sites for hydroxylation is 1. The number of halogens is 1. The molecule has 0 saturated carbocycles. The lowest BCUT2D eigenvalue weighted by atomic mass is 10.2. The van der Waals surface area contributed by atoms with Gasteiger partial charge in [0.15, 0.2) is 0 Å². The van der Waals surface area contributed by atoms with Crippen LogP contribution in [0.3, 0.4) is 0 Å². The van der Waals surface area contributed by atoms with E-state index in [-0.39, 0.29) is 21.3 Å². The van der Waals surface area contributed by atoms with E-state index in [0.29, 0.717) is 10.9 Å². The van der Waals surface area contributed by atoms with Crippen molar-refractivity contribution in [3.63, 3.8) is 0 Å². The molecule has 3 N–H and O–H groups in total. The van der Waals surface area contributed by atoms with Crippen LogP contribution < -0.4 is 20.9 Å². The van der Waals surface area contributed by atoms with Gasteiger partial charge in [0, 0.05) is 16.4 Å². The molecule has 1 aromatic carbocycles. The van der Waals surface area contributed by atoms with Gasteiger partial charge >= 0.3 is 6.03 Å². The second-order valence-electron chi connectivity index (χ2n) is 6.85. The van der Waals surface area contributed by atoms with Crippen LogP contribution in [0.1, 0.15) is 4.88 Å². The first-order chi connectivity index (χ1) is 15.7. The molecule has 170 valence electrons. The molecular formula is C20H17BrN6O4S2. The second-order valence-corrected chi connectivity index (χ2v) is 10.9. The Morgan fingerprint density at radius 2 is 1.94 bits per heavy atom. The van der Waals surface area contributed by atoms with Gasteiger partial charge in [-0.15, -0.1) is 11.3 Å². The van der Waals surface area contributed by atoms with Crippen LogP contribution in [-0.2, 0) is 10.0 Å². The number of amides is 2. The molecule has 0 aliphatic rings. The number of nitrogens with one attached hydrogen (secondary N) is 3. The zero-order valence-corrected chi connectivity index (χ0v) is 20.5. The van der Waals surface area contributed by atoms with Gasteiger partial charge in [-0.25, -0.2) is 27.9 Å². The summed E-state index contributed by atoms with van der Waals surface area (Å²) in [5.41, 5.74) is 1.26. The van der Waals surface area contributed by atoms with Crippen molar-refractivity contribution in [3.05, 3.63) is 68.6 Å². The Balaban J connectivity index is 1.54. The zero-order valence-electron chi connectivity index (χ0n) is 17.3. The van der Waals surface area contributed by atoms with Crippen molar-refractivity contribution in [2.24, 2.45) is 0 Å². The maximum Gasteiger partial charge on any atom is 0.333 e. The van der Waals surface area contributed by atoms with Crippen LogP contribution in [0.25, 0.3) is 16.7 Å². The maximum atomic E-state index is 12.9. The van der Waals surface area contributed by atoms with Gasteiger partial charge in [0.2, 0.25) is 0 Å². The van der Waals surface area contributed by atoms with Crippen LogP contribution in [0, 0.1) is 6.92 Å². The number of urea groups is 1. The van der Waals surface area contributed by atoms with Crippen molar-refractivity contribution in [2.75, 3.05) is 17.7 Å². The van der Waals surface area contributed by atoms with E-state index in [9.17, 15) is 18.0 Å². The van der Waals surface area contributed by atoms with Crippen LogP contribution in [0.4, 0.5) is 16.2 Å². The summed E-state index contributed by atoms with van der Waals surface area (Å²) in [6, 6.07) is 8.61. The third-order valence-corrected chi connectivity index (χ3v) is 8.06. The lowest BCUT2D eigenvalue weighted by molar-refractivity contribution is 0.256. The SMILES string of the molecule is CNc1cc2ncn(-c3ccc(NC(=O)NS(=O)(=O)c4ccc(C)s4)cn3)c(=O)c2cc1Br. The first-order valence-electron chi connectivity index (χ1n) is 9.43. The van der Waals surface area contributed by atoms with Crippen molar-refractivity contribution in [3.8, 4) is 5.82 Å². The summed E-state index contributed by atoms with van der Waals surface area (Å²) in [6.07, 6.45) is 2.68. The van der Waals surface area contributed by atoms with Gasteiger partial charge in [-0.1, -0.05) is 0 Å². The minimum atomic E-state index is -3.97. The van der Waals surface area contributed by atoms with Gasteiger partial charge in [0.05, 0.1) is 28.5 Å². The monoisotopic (exact) mass is 548 g/mol. The number of hydrogen-bond acceptors (Lipinski definition) is 8. The van der Waals surface area contributed by atoms with Crippen LogP contribution >= 0.6 is 27.3 Å². The number of pyridine rings is 1. The third kappa shape index (κ3) is 4.74. The summed E-state index contributed by atoms with van der Waals surface area (Å²) in [4.78, 5) is 34.4. The van der Waals surface area contributed by atoms with Gasteiger partial charge in [0.25, 0.3) is 15.6 Å². The minimum absolute atomic E-state index is 0.0419. The molecule has 0 spiro atoms. The molecule has 0 radical (unpaired) electrons. The van der Waals surface area contributed by atoms with Gasteiger partial charge in [0.1, 0.15) is 16.4 Å². The van der Waals surface area contributed by atoms with Crippen LogP contribution in [-0.4, -0.2) is 36.0 Å². The van der Waals surface area contributed by atoms with E-state index in [1.54, 1.807) is 32.2 Å². The molecule has 0 unspecified atom stereocenters. The fourth-order valence-corrected chi connectivity index (χ4v) is 5.72. The number of carbonyl (C=O) groups is 1. The molecule has 0 bridgehead atoms. The van der Waals surface area contributed by atoms with Crippen molar-refractivity contribution in [1.29, 1.82) is 0 Å². The maximum absolute atomic E-state index is 12.9. The molecule has 4 aromatic rings. The molecule has 3 heterocycles. The Morgan fingerprint density at radius 1 is 1.15 bits per heavy atom. The fraction of sp³-hybridized carbons (Fsp3) is 0.100. The predicted octanol–water partition coefficient (Wildman–Crippen LogP) is 3.47. The van der Waals surface area contributed by atoms with Gasteiger partial charge in [-0.2, -0.15) is 0 Å². The summed E-state index contributed by atoms with van der Waals surface area (Å²) in [7, 11) is -2.20. The lowest BCUT2D eigenvalue weighted by Gasteiger charge is -2.10. The van der Waals surface area contributed by atoms with Crippen molar-refractivity contribution < 1.29 is 13.2 Å². The van der Waals surface area contributed by atoms with Crippen LogP contribution in [0.15, 0.2) is 62.4 Å². The topological polar surface area (TPSA) is 135 Å². The largest absolute Gasteiger partial charge is 0.387 e. The molecule has 10 nitrogen and oxygen atoms in total. The fourth-order valence-electron chi connectivity index (χ4n) is 2.98. The molecule has 0 saturated heterocycles. The zero-order chi connectivity index (χ0) is 23.8. The van der Waals surface area contributed by atoms with Crippen molar-refractivity contribution in [2.45, 2.75) is 11.1 Å². The van der Waals surface area contributed by atoms with E-state index >= 15 is 0 Å². The quantitative estimate of drug-likeness (QED) is 0.347. The van der Waals surface area contributed by atoms with E-state index in [4.69, 9.17) is 0 Å². The molecule has 13 heteroatoms. The molecule has 4 rings (SSSR count). The first kappa shape index (κ1) is 22.9. The molecular weight excluding hydrogens is 532 g/mol. The van der Waals surface area contributed by atoms with Gasteiger partial charge < -0.3 is 10.6 Å². The average molecular weight is 549 g/mol. The van der Waals surface area contributed by atoms with Crippen molar-refractivity contribution in [1.82, 2.24) is 19.3 Å². The highest BCUT2D eigenvalue weighted by Gasteiger charge is 2.19. The normalized spacial score (nSPS) is 11.4. The molecule has 3 aromatic heterocycles. The molecule has 0 aliphatic heterocycles. The number of hydrogen-bond donors (Lipinski definition) is 3. The van der Waals surface area contributed by atoms with E-state index in [1.165, 1.54) is 35.3 Å². The number of nitrogens with zero attached hydrogens (tertiary/aromatic N) is 3. The summed E-state index contributed by atoms with van der Waals surface area (Å²) >= 11 is 4.48. The highest BCUT2D eigenvalue weighted by atomic mass is 79.9. The number of benzene rings is 1. The number of thiophene rings is 1. The van der Waals surface area contributed by atoms with E-state index in [0.717, 1.165) is 26.4 Å². The lowest BCUT2D eigenvalue weighted by Crippen LogP contribution is -2.34. The molecule has 0 aliphatic carbocycles. The predicted molar refractivity (Wildman–Crippen MR) is 131 cm³/mol. The molecule has 2 amide bonds. The molecule has 0 fully saturated rings. The van der Waals surface area contributed by atoms with Gasteiger partial charge in [-0.3, -0.25) is 9.36 Å². The highest BCUT2D eigenvalue weighted by molar-refractivity contribution is 9.10. The van der Waals surface area contributed by atoms with E-state index in [1.807, 2.05) is 4.72 Å². The number of anilines is 2. The number of sulfonamides is 1. The molecule has 0 atom stereocenters. The number of fused-ring (bicyclic) bond motifs is 1. The van der Waals surface area contributed by atoms with E-state index in [2.05, 4.69) is 36.5 Å². The van der Waals surface area contributed by atoms with Gasteiger partial charge in [-0.05, 0) is 59.3 Å². The summed E-state index contributed by atoms with van der Waals surface area (Å²) in [5.74, 6) is 0.288. The van der Waals surface area contributed by atoms with E-state index < -0.39 is 16.1 Å². The first-order valence-corrected chi connectivity index (χ1v) is 12.5. The Morgan fingerprint density at radius 3 is 2.58 bits per heavy atom. The highest BCUT2D eigenvalue weighted by Crippen LogP contribution is 2.26. The van der Waals surface area contributed by atoms with Crippen molar-refractivity contribution >= 4 is 65.6 Å². The Hall–Kier alpha value is -3.29. The summed E-state index contributed by atoms with van der Waals surface area (Å²) in [5, 5.41) is 5.83. The summed E-state index contributed by atoms with van der Waals surface area (Å²) in [6.45, 7) is 1.77. The molecule has 33 heavy (non-hydrogen) atoms. The Kier molecular flexibility index (Phi) is 6.19. The average Bonchev–Trinajstić information content (AvgIpc) is 3.22. The second kappa shape index (κ2) is 8.92. The number of aromatic nitrogens is 3. The smallest absolute Gasteiger partial charge is 0.333 e. The Labute approximate surface area is 200 Å². The number of carbonyl (C=O) groups excluding carboxylic acids is 1.